The van der Waals surface area contributed by atoms with Gasteiger partial charge >= 0.3 is 12.0 Å². The fourth-order valence-corrected chi connectivity index (χ4v) is 3.30. The number of hydrogen-bond donors (Lipinski definition) is 2. The van der Waals surface area contributed by atoms with Crippen LogP contribution in [0.4, 0.5) is 4.79 Å². The minimum Gasteiger partial charge on any atom is -0.481 e. The summed E-state index contributed by atoms with van der Waals surface area (Å²) in [5.74, 6) is -0.304. The zero-order chi connectivity index (χ0) is 15.3. The Balaban J connectivity index is 1.78. The highest BCUT2D eigenvalue weighted by Crippen LogP contribution is 2.37. The number of carboxylic acids is 1. The van der Waals surface area contributed by atoms with Gasteiger partial charge < -0.3 is 20.1 Å². The molecule has 2 fully saturated rings. The van der Waals surface area contributed by atoms with Gasteiger partial charge in [-0.3, -0.25) is 4.79 Å². The third-order valence-electron chi connectivity index (χ3n) is 4.81. The molecule has 2 amide bonds. The van der Waals surface area contributed by atoms with Crippen LogP contribution in [-0.4, -0.2) is 55.4 Å². The summed E-state index contributed by atoms with van der Waals surface area (Å²) in [4.78, 5) is 25.2. The van der Waals surface area contributed by atoms with Gasteiger partial charge in [-0.1, -0.05) is 12.8 Å². The van der Waals surface area contributed by atoms with Gasteiger partial charge in [0.25, 0.3) is 0 Å². The third-order valence-corrected chi connectivity index (χ3v) is 4.81. The minimum atomic E-state index is -0.785. The van der Waals surface area contributed by atoms with Crippen molar-refractivity contribution in [1.82, 2.24) is 10.2 Å². The fraction of sp³-hybridized carbons (Fsp3) is 0.867. The molecule has 21 heavy (non-hydrogen) atoms. The number of carbonyl (C=O) groups excluding carboxylic acids is 1. The Bertz CT molecular complexity index is 374. The predicted octanol–water partition coefficient (Wildman–Crippen LogP) is 1.70. The standard InChI is InChI=1S/C15H26N2O4/c1-17(10-12-4-8-21-9-5-12)14(20)16-11-15(13(18)19)6-2-3-7-15/h12H,2-11H2,1H3,(H,16,20)(H,18,19). The van der Waals surface area contributed by atoms with Crippen LogP contribution in [0.25, 0.3) is 0 Å². The van der Waals surface area contributed by atoms with Crippen molar-refractivity contribution < 1.29 is 19.4 Å². The molecule has 0 atom stereocenters. The highest BCUT2D eigenvalue weighted by molar-refractivity contribution is 5.78. The van der Waals surface area contributed by atoms with Crippen molar-refractivity contribution in [2.75, 3.05) is 33.4 Å². The number of amides is 2. The van der Waals surface area contributed by atoms with E-state index in [1.54, 1.807) is 11.9 Å². The number of rotatable bonds is 5. The average molecular weight is 298 g/mol. The minimum absolute atomic E-state index is 0.172. The van der Waals surface area contributed by atoms with Crippen LogP contribution in [0.5, 0.6) is 0 Å². The quantitative estimate of drug-likeness (QED) is 0.809. The first-order chi connectivity index (χ1) is 10.0. The molecule has 2 N–H and O–H groups in total. The van der Waals surface area contributed by atoms with Crippen LogP contribution in [0.15, 0.2) is 0 Å². The normalized spacial score (nSPS) is 22.0. The highest BCUT2D eigenvalue weighted by Gasteiger charge is 2.41. The van der Waals surface area contributed by atoms with Crippen LogP contribution < -0.4 is 5.32 Å². The molecule has 6 heteroatoms. The molecule has 0 spiro atoms. The summed E-state index contributed by atoms with van der Waals surface area (Å²) >= 11 is 0. The number of aliphatic carboxylic acids is 1. The zero-order valence-electron chi connectivity index (χ0n) is 12.8. The van der Waals surface area contributed by atoms with Gasteiger partial charge in [0.05, 0.1) is 5.41 Å². The smallest absolute Gasteiger partial charge is 0.317 e. The van der Waals surface area contributed by atoms with Gasteiger partial charge in [0.15, 0.2) is 0 Å². The summed E-state index contributed by atoms with van der Waals surface area (Å²) in [7, 11) is 1.77. The number of ether oxygens (including phenoxy) is 1. The van der Waals surface area contributed by atoms with Gasteiger partial charge in [-0.05, 0) is 31.6 Å². The van der Waals surface area contributed by atoms with E-state index in [4.69, 9.17) is 4.74 Å². The fourth-order valence-electron chi connectivity index (χ4n) is 3.30. The van der Waals surface area contributed by atoms with Gasteiger partial charge in [0.1, 0.15) is 0 Å². The van der Waals surface area contributed by atoms with E-state index < -0.39 is 11.4 Å². The molecular weight excluding hydrogens is 272 g/mol. The van der Waals surface area contributed by atoms with Crippen LogP contribution in [-0.2, 0) is 9.53 Å². The molecule has 0 bridgehead atoms. The van der Waals surface area contributed by atoms with Gasteiger partial charge in [0, 0.05) is 33.4 Å². The van der Waals surface area contributed by atoms with Crippen molar-refractivity contribution in [3.63, 3.8) is 0 Å². The van der Waals surface area contributed by atoms with E-state index in [0.717, 1.165) is 38.9 Å². The lowest BCUT2D eigenvalue weighted by molar-refractivity contribution is -0.148. The summed E-state index contributed by atoms with van der Waals surface area (Å²) in [5, 5.41) is 12.2. The summed E-state index contributed by atoms with van der Waals surface area (Å²) < 4.78 is 5.31. The first-order valence-electron chi connectivity index (χ1n) is 7.84. The molecule has 1 aliphatic carbocycles. The molecule has 0 aromatic rings. The van der Waals surface area contributed by atoms with Crippen molar-refractivity contribution in [3.05, 3.63) is 0 Å². The molecule has 0 unspecified atom stereocenters. The van der Waals surface area contributed by atoms with Crippen molar-refractivity contribution in [1.29, 1.82) is 0 Å². The van der Waals surface area contributed by atoms with Crippen LogP contribution in [0, 0.1) is 11.3 Å². The molecule has 6 nitrogen and oxygen atoms in total. The maximum absolute atomic E-state index is 12.1. The monoisotopic (exact) mass is 298 g/mol. The molecule has 1 saturated carbocycles. The van der Waals surface area contributed by atoms with Crippen molar-refractivity contribution in [2.24, 2.45) is 11.3 Å². The molecule has 0 aromatic carbocycles. The maximum Gasteiger partial charge on any atom is 0.317 e. The average Bonchev–Trinajstić information content (AvgIpc) is 2.96. The van der Waals surface area contributed by atoms with Crippen LogP contribution >= 0.6 is 0 Å². The van der Waals surface area contributed by atoms with E-state index in [0.29, 0.717) is 25.3 Å². The number of hydrogen-bond acceptors (Lipinski definition) is 3. The van der Waals surface area contributed by atoms with E-state index in [-0.39, 0.29) is 12.6 Å². The van der Waals surface area contributed by atoms with Gasteiger partial charge in [-0.25, -0.2) is 4.79 Å². The van der Waals surface area contributed by atoms with E-state index in [9.17, 15) is 14.7 Å². The summed E-state index contributed by atoms with van der Waals surface area (Å²) in [6, 6.07) is -0.172. The Hall–Kier alpha value is -1.30. The van der Waals surface area contributed by atoms with Crippen molar-refractivity contribution >= 4 is 12.0 Å². The zero-order valence-corrected chi connectivity index (χ0v) is 12.8. The third kappa shape index (κ3) is 4.09. The lowest BCUT2D eigenvalue weighted by Gasteiger charge is -2.29. The van der Waals surface area contributed by atoms with E-state index in [1.807, 2.05) is 0 Å². The summed E-state index contributed by atoms with van der Waals surface area (Å²) in [6.07, 6.45) is 5.14. The first kappa shape index (κ1) is 16.1. The predicted molar refractivity (Wildman–Crippen MR) is 78.1 cm³/mol. The second kappa shape index (κ2) is 7.11. The molecule has 0 radical (unpaired) electrons. The number of urea groups is 1. The molecule has 0 aromatic heterocycles. The Morgan fingerprint density at radius 1 is 1.29 bits per heavy atom. The topological polar surface area (TPSA) is 78.9 Å². The number of nitrogens with zero attached hydrogens (tertiary/aromatic N) is 1. The molecule has 2 aliphatic rings. The molecule has 120 valence electrons. The van der Waals surface area contributed by atoms with Crippen molar-refractivity contribution in [2.45, 2.75) is 38.5 Å². The molecular formula is C15H26N2O4. The lowest BCUT2D eigenvalue weighted by Crippen LogP contribution is -2.46. The lowest BCUT2D eigenvalue weighted by atomic mass is 9.86. The maximum atomic E-state index is 12.1. The van der Waals surface area contributed by atoms with Crippen molar-refractivity contribution in [3.8, 4) is 0 Å². The Morgan fingerprint density at radius 2 is 1.90 bits per heavy atom. The number of carbonyl (C=O) groups is 2. The van der Waals surface area contributed by atoms with Gasteiger partial charge in [-0.15, -0.1) is 0 Å². The Morgan fingerprint density at radius 3 is 2.48 bits per heavy atom. The van der Waals surface area contributed by atoms with E-state index >= 15 is 0 Å². The molecule has 1 heterocycles. The van der Waals surface area contributed by atoms with Crippen LogP contribution in [0.2, 0.25) is 0 Å². The molecule has 1 aliphatic heterocycles. The first-order valence-corrected chi connectivity index (χ1v) is 7.84. The van der Waals surface area contributed by atoms with E-state index in [2.05, 4.69) is 5.32 Å². The van der Waals surface area contributed by atoms with E-state index in [1.165, 1.54) is 0 Å². The van der Waals surface area contributed by atoms with Crippen LogP contribution in [0.3, 0.4) is 0 Å². The highest BCUT2D eigenvalue weighted by atomic mass is 16.5. The summed E-state index contributed by atoms with van der Waals surface area (Å²) in [5.41, 5.74) is -0.755. The summed E-state index contributed by atoms with van der Waals surface area (Å²) in [6.45, 7) is 2.47. The Labute approximate surface area is 125 Å². The van der Waals surface area contributed by atoms with Gasteiger partial charge in [-0.2, -0.15) is 0 Å². The second-order valence-electron chi connectivity index (χ2n) is 6.39. The number of carboxylic acid groups (broad SMARTS) is 1. The Kier molecular flexibility index (Phi) is 5.45. The molecule has 2 rings (SSSR count). The largest absolute Gasteiger partial charge is 0.481 e. The number of nitrogens with one attached hydrogen (secondary N) is 1. The van der Waals surface area contributed by atoms with Gasteiger partial charge in [0.2, 0.25) is 0 Å². The SMILES string of the molecule is CN(CC1CCOCC1)C(=O)NCC1(C(=O)O)CCCC1. The molecule has 1 saturated heterocycles. The van der Waals surface area contributed by atoms with Crippen LogP contribution in [0.1, 0.15) is 38.5 Å². The second-order valence-corrected chi connectivity index (χ2v) is 6.39.